The number of hydrogen-bond acceptors (Lipinski definition) is 3. The first kappa shape index (κ1) is 23.1. The first-order chi connectivity index (χ1) is 13.6. The van der Waals surface area contributed by atoms with Crippen molar-refractivity contribution in [3.63, 3.8) is 0 Å². The zero-order valence-corrected chi connectivity index (χ0v) is 18.8. The molecule has 0 bridgehead atoms. The van der Waals surface area contributed by atoms with Crippen molar-refractivity contribution in [1.29, 1.82) is 0 Å². The van der Waals surface area contributed by atoms with Crippen LogP contribution in [0.5, 0.6) is 0 Å². The Morgan fingerprint density at radius 1 is 1.03 bits per heavy atom. The van der Waals surface area contributed by atoms with E-state index in [1.165, 1.54) is 23.3 Å². The first-order valence-corrected chi connectivity index (χ1v) is 12.0. The molecule has 29 heavy (non-hydrogen) atoms. The molecule has 5 nitrogen and oxygen atoms in total. The predicted molar refractivity (Wildman–Crippen MR) is 118 cm³/mol. The number of rotatable bonds is 9. The van der Waals surface area contributed by atoms with E-state index in [1.54, 1.807) is 12.1 Å². The van der Waals surface area contributed by atoms with Crippen LogP contribution in [-0.2, 0) is 21.1 Å². The predicted octanol–water partition coefficient (Wildman–Crippen LogP) is 3.19. The van der Waals surface area contributed by atoms with Crippen LogP contribution in [0.4, 0.5) is 5.69 Å². The SMILES string of the molecule is CC(C)Cc1ccc([C@@H]([NH2+]CC(=O)Nc2cccc(S(C)(=O)=O)c2)C(C)C)cc1. The van der Waals surface area contributed by atoms with Gasteiger partial charge in [-0.15, -0.1) is 0 Å². The van der Waals surface area contributed by atoms with Crippen LogP contribution in [0.25, 0.3) is 0 Å². The molecule has 0 unspecified atom stereocenters. The Balaban J connectivity index is 2.01. The van der Waals surface area contributed by atoms with Crippen molar-refractivity contribution >= 4 is 21.4 Å². The van der Waals surface area contributed by atoms with Gasteiger partial charge in [-0.25, -0.2) is 8.42 Å². The molecule has 158 valence electrons. The van der Waals surface area contributed by atoms with Crippen LogP contribution in [-0.4, -0.2) is 27.1 Å². The molecular formula is C23H33N2O3S+. The van der Waals surface area contributed by atoms with Crippen LogP contribution < -0.4 is 10.6 Å². The molecule has 0 saturated heterocycles. The Morgan fingerprint density at radius 3 is 2.24 bits per heavy atom. The van der Waals surface area contributed by atoms with Crippen molar-refractivity contribution in [3.05, 3.63) is 59.7 Å². The summed E-state index contributed by atoms with van der Waals surface area (Å²) in [6, 6.07) is 15.2. The number of carbonyl (C=O) groups excluding carboxylic acids is 1. The summed E-state index contributed by atoms with van der Waals surface area (Å²) in [6.07, 6.45) is 2.21. The molecular weight excluding hydrogens is 384 g/mol. The lowest BCUT2D eigenvalue weighted by atomic mass is 9.94. The summed E-state index contributed by atoms with van der Waals surface area (Å²) in [4.78, 5) is 12.6. The van der Waals surface area contributed by atoms with Crippen LogP contribution >= 0.6 is 0 Å². The highest BCUT2D eigenvalue weighted by Crippen LogP contribution is 2.19. The summed E-state index contributed by atoms with van der Waals surface area (Å²) in [5, 5.41) is 4.84. The molecule has 0 aliphatic heterocycles. The van der Waals surface area contributed by atoms with Crippen LogP contribution in [0.2, 0.25) is 0 Å². The number of anilines is 1. The third-order valence-corrected chi connectivity index (χ3v) is 5.94. The highest BCUT2D eigenvalue weighted by atomic mass is 32.2. The average molecular weight is 418 g/mol. The van der Waals surface area contributed by atoms with Crippen LogP contribution in [0.1, 0.15) is 44.9 Å². The maximum atomic E-state index is 12.4. The largest absolute Gasteiger partial charge is 0.332 e. The lowest BCUT2D eigenvalue weighted by molar-refractivity contribution is -0.692. The average Bonchev–Trinajstić information content (AvgIpc) is 2.62. The summed E-state index contributed by atoms with van der Waals surface area (Å²) in [6.45, 7) is 8.98. The van der Waals surface area contributed by atoms with Gasteiger partial charge in [-0.1, -0.05) is 58.0 Å². The number of nitrogens with one attached hydrogen (secondary N) is 1. The molecule has 0 radical (unpaired) electrons. The molecule has 6 heteroatoms. The maximum absolute atomic E-state index is 12.4. The maximum Gasteiger partial charge on any atom is 0.279 e. The molecule has 2 aromatic carbocycles. The number of amides is 1. The number of quaternary nitrogens is 1. The summed E-state index contributed by atoms with van der Waals surface area (Å²) in [5.41, 5.74) is 3.03. The van der Waals surface area contributed by atoms with E-state index in [9.17, 15) is 13.2 Å². The van der Waals surface area contributed by atoms with E-state index in [-0.39, 0.29) is 23.4 Å². The Bertz CT molecular complexity index is 919. The quantitative estimate of drug-likeness (QED) is 0.658. The zero-order chi connectivity index (χ0) is 21.6. The van der Waals surface area contributed by atoms with Gasteiger partial charge >= 0.3 is 0 Å². The summed E-state index contributed by atoms with van der Waals surface area (Å²) in [5.74, 6) is 0.836. The number of hydrogen-bond donors (Lipinski definition) is 2. The molecule has 0 heterocycles. The molecule has 0 saturated carbocycles. The number of carbonyl (C=O) groups is 1. The zero-order valence-electron chi connectivity index (χ0n) is 18.0. The highest BCUT2D eigenvalue weighted by molar-refractivity contribution is 7.90. The third kappa shape index (κ3) is 7.29. The smallest absolute Gasteiger partial charge is 0.279 e. The van der Waals surface area contributed by atoms with Crippen LogP contribution in [0.3, 0.4) is 0 Å². The minimum Gasteiger partial charge on any atom is -0.332 e. The fourth-order valence-electron chi connectivity index (χ4n) is 3.39. The lowest BCUT2D eigenvalue weighted by Crippen LogP contribution is -2.88. The first-order valence-electron chi connectivity index (χ1n) is 10.1. The topological polar surface area (TPSA) is 79.8 Å². The second-order valence-corrected chi connectivity index (χ2v) is 10.4. The van der Waals surface area contributed by atoms with Crippen molar-refractivity contribution in [2.24, 2.45) is 11.8 Å². The van der Waals surface area contributed by atoms with Gasteiger partial charge in [0.1, 0.15) is 6.04 Å². The van der Waals surface area contributed by atoms with Gasteiger partial charge in [0.25, 0.3) is 5.91 Å². The standard InChI is InChI=1S/C23H32N2O3S/c1-16(2)13-18-9-11-19(12-10-18)23(17(3)4)24-15-22(26)25-20-7-6-8-21(14-20)29(5,27)28/h6-12,14,16-17,23-24H,13,15H2,1-5H3,(H,25,26)/p+1/t23-/m0/s1. The second kappa shape index (κ2) is 10.0. The molecule has 3 N–H and O–H groups in total. The minimum atomic E-state index is -3.30. The number of benzene rings is 2. The Labute approximate surface area is 174 Å². The van der Waals surface area contributed by atoms with Crippen molar-refractivity contribution in [3.8, 4) is 0 Å². The molecule has 2 rings (SSSR count). The van der Waals surface area contributed by atoms with Gasteiger partial charge in [-0.3, -0.25) is 4.79 Å². The van der Waals surface area contributed by atoms with Crippen molar-refractivity contribution in [1.82, 2.24) is 0 Å². The van der Waals surface area contributed by atoms with E-state index in [1.807, 2.05) is 5.32 Å². The normalized spacial score (nSPS) is 12.9. The van der Waals surface area contributed by atoms with Crippen molar-refractivity contribution in [2.75, 3.05) is 18.1 Å². The van der Waals surface area contributed by atoms with Crippen LogP contribution in [0.15, 0.2) is 53.4 Å². The van der Waals surface area contributed by atoms with E-state index >= 15 is 0 Å². The Kier molecular flexibility index (Phi) is 7.99. The number of nitrogens with two attached hydrogens (primary N) is 1. The molecule has 1 amide bonds. The Morgan fingerprint density at radius 2 is 1.69 bits per heavy atom. The molecule has 1 atom stereocenters. The molecule has 0 aromatic heterocycles. The fraction of sp³-hybridized carbons (Fsp3) is 0.435. The van der Waals surface area contributed by atoms with Crippen molar-refractivity contribution < 1.29 is 18.5 Å². The third-order valence-electron chi connectivity index (χ3n) is 4.83. The van der Waals surface area contributed by atoms with Gasteiger partial charge in [-0.05, 0) is 36.1 Å². The monoisotopic (exact) mass is 417 g/mol. The molecule has 2 aromatic rings. The van der Waals surface area contributed by atoms with Gasteiger partial charge in [0, 0.05) is 23.4 Å². The summed E-state index contributed by atoms with van der Waals surface area (Å²) in [7, 11) is -3.30. The second-order valence-electron chi connectivity index (χ2n) is 8.40. The van der Waals surface area contributed by atoms with Gasteiger partial charge < -0.3 is 10.6 Å². The van der Waals surface area contributed by atoms with Crippen LogP contribution in [0, 0.1) is 11.8 Å². The molecule has 0 aliphatic carbocycles. The van der Waals surface area contributed by atoms with Gasteiger partial charge in [0.15, 0.2) is 16.4 Å². The van der Waals surface area contributed by atoms with E-state index in [0.29, 0.717) is 17.5 Å². The summed E-state index contributed by atoms with van der Waals surface area (Å²) >= 11 is 0. The van der Waals surface area contributed by atoms with Gasteiger partial charge in [-0.2, -0.15) is 0 Å². The minimum absolute atomic E-state index is 0.155. The van der Waals surface area contributed by atoms with E-state index in [4.69, 9.17) is 0 Å². The van der Waals surface area contributed by atoms with E-state index < -0.39 is 9.84 Å². The van der Waals surface area contributed by atoms with Gasteiger partial charge in [0.05, 0.1) is 4.90 Å². The molecule has 0 spiro atoms. The van der Waals surface area contributed by atoms with E-state index in [2.05, 4.69) is 57.3 Å². The Hall–Kier alpha value is -2.18. The lowest BCUT2D eigenvalue weighted by Gasteiger charge is -2.20. The summed E-state index contributed by atoms with van der Waals surface area (Å²) < 4.78 is 23.4. The number of sulfone groups is 1. The highest BCUT2D eigenvalue weighted by Gasteiger charge is 2.20. The molecule has 0 fully saturated rings. The van der Waals surface area contributed by atoms with Crippen molar-refractivity contribution in [2.45, 2.75) is 45.1 Å². The van der Waals surface area contributed by atoms with E-state index in [0.717, 1.165) is 12.7 Å². The van der Waals surface area contributed by atoms with Gasteiger partial charge in [0.2, 0.25) is 0 Å². The fourth-order valence-corrected chi connectivity index (χ4v) is 4.06. The molecule has 0 aliphatic rings.